The predicted octanol–water partition coefficient (Wildman–Crippen LogP) is 3.00. The summed E-state index contributed by atoms with van der Waals surface area (Å²) in [4.78, 5) is 6.93. The number of nitrogens with zero attached hydrogens (tertiary/aromatic N) is 4. The van der Waals surface area contributed by atoms with Gasteiger partial charge in [0.1, 0.15) is 6.10 Å². The van der Waals surface area contributed by atoms with Gasteiger partial charge in [0.2, 0.25) is 6.79 Å². The fourth-order valence-electron chi connectivity index (χ4n) is 5.25. The van der Waals surface area contributed by atoms with Gasteiger partial charge in [-0.25, -0.2) is 0 Å². The number of morpholine rings is 1. The smallest absolute Gasteiger partial charge is 0.231 e. The molecule has 3 heterocycles. The first-order valence-corrected chi connectivity index (χ1v) is 11.6. The number of aryl methyl sites for hydroxylation is 1. The molecular weight excluding hydrogens is 406 g/mol. The maximum absolute atomic E-state index is 6.02. The van der Waals surface area contributed by atoms with Crippen LogP contribution in [0.1, 0.15) is 49.3 Å². The standard InChI is InChI=1S/C24H33N5O3/c1-25-23(29-10-11-30-22(15-29)18-13-27-28(2)14-18)26-16-24(8-4-3-5-9-24)19-6-7-20-21(12-19)32-17-31-20/h6-7,12-14,22H,3-5,8-11,15-17H2,1-2H3,(H,25,26). The number of guanidine groups is 1. The Hall–Kier alpha value is -2.74. The molecular formula is C24H33N5O3. The van der Waals surface area contributed by atoms with Crippen LogP contribution in [0, 0.1) is 0 Å². The number of aromatic nitrogens is 2. The van der Waals surface area contributed by atoms with Crippen LogP contribution in [0.15, 0.2) is 35.6 Å². The molecule has 3 aliphatic rings. The van der Waals surface area contributed by atoms with Gasteiger partial charge in [0.15, 0.2) is 17.5 Å². The van der Waals surface area contributed by atoms with Crippen LogP contribution in [0.2, 0.25) is 0 Å². The molecule has 8 heteroatoms. The Balaban J connectivity index is 1.31. The summed E-state index contributed by atoms with van der Waals surface area (Å²) in [5.41, 5.74) is 2.51. The maximum atomic E-state index is 6.02. The third-order valence-corrected chi connectivity index (χ3v) is 7.05. The third kappa shape index (κ3) is 4.16. The van der Waals surface area contributed by atoms with E-state index in [9.17, 15) is 0 Å². The number of fused-ring (bicyclic) bond motifs is 1. The molecule has 1 saturated heterocycles. The zero-order valence-electron chi connectivity index (χ0n) is 19.0. The lowest BCUT2D eigenvalue weighted by Gasteiger charge is -2.40. The molecule has 1 N–H and O–H groups in total. The maximum Gasteiger partial charge on any atom is 0.231 e. The quantitative estimate of drug-likeness (QED) is 0.583. The second-order valence-corrected chi connectivity index (χ2v) is 9.06. The summed E-state index contributed by atoms with van der Waals surface area (Å²) in [6, 6.07) is 6.46. The van der Waals surface area contributed by atoms with Crippen LogP contribution in [0.3, 0.4) is 0 Å². The van der Waals surface area contributed by atoms with E-state index < -0.39 is 0 Å². The summed E-state index contributed by atoms with van der Waals surface area (Å²) in [6.45, 7) is 3.43. The van der Waals surface area contributed by atoms with Gasteiger partial charge in [0, 0.05) is 44.4 Å². The molecule has 1 unspecified atom stereocenters. The average Bonchev–Trinajstić information content (AvgIpc) is 3.49. The minimum Gasteiger partial charge on any atom is -0.454 e. The molecule has 8 nitrogen and oxygen atoms in total. The first kappa shape index (κ1) is 21.1. The van der Waals surface area contributed by atoms with Crippen LogP contribution < -0.4 is 14.8 Å². The fraction of sp³-hybridized carbons (Fsp3) is 0.583. The van der Waals surface area contributed by atoms with E-state index in [2.05, 4.69) is 38.5 Å². The number of ether oxygens (including phenoxy) is 3. The number of benzene rings is 1. The Bertz CT molecular complexity index is 966. The Morgan fingerprint density at radius 1 is 1.22 bits per heavy atom. The van der Waals surface area contributed by atoms with Gasteiger partial charge in [0.25, 0.3) is 0 Å². The lowest BCUT2D eigenvalue weighted by atomic mass is 9.69. The van der Waals surface area contributed by atoms with Crippen LogP contribution in [-0.4, -0.2) is 60.7 Å². The second-order valence-electron chi connectivity index (χ2n) is 9.06. The molecule has 0 spiro atoms. The van der Waals surface area contributed by atoms with Crippen molar-refractivity contribution in [2.24, 2.45) is 12.0 Å². The summed E-state index contributed by atoms with van der Waals surface area (Å²) >= 11 is 0. The molecule has 172 valence electrons. The number of nitrogens with one attached hydrogen (secondary N) is 1. The van der Waals surface area contributed by atoms with Gasteiger partial charge in [-0.05, 0) is 30.5 Å². The van der Waals surface area contributed by atoms with Crippen molar-refractivity contribution in [1.29, 1.82) is 0 Å². The van der Waals surface area contributed by atoms with Crippen molar-refractivity contribution in [3.8, 4) is 11.5 Å². The molecule has 1 aromatic heterocycles. The minimum absolute atomic E-state index is 0.00787. The van der Waals surface area contributed by atoms with Crippen LogP contribution in [-0.2, 0) is 17.2 Å². The van der Waals surface area contributed by atoms with E-state index in [1.54, 1.807) is 0 Å². The third-order valence-electron chi connectivity index (χ3n) is 7.05. The molecule has 1 atom stereocenters. The van der Waals surface area contributed by atoms with Crippen LogP contribution in [0.5, 0.6) is 11.5 Å². The normalized spacial score (nSPS) is 22.8. The van der Waals surface area contributed by atoms with E-state index in [1.165, 1.54) is 24.8 Å². The topological polar surface area (TPSA) is 73.1 Å². The van der Waals surface area contributed by atoms with Crippen LogP contribution in [0.25, 0.3) is 0 Å². The number of rotatable bonds is 4. The molecule has 0 amide bonds. The molecule has 1 aromatic carbocycles. The molecule has 0 radical (unpaired) electrons. The van der Waals surface area contributed by atoms with E-state index in [4.69, 9.17) is 14.2 Å². The molecule has 1 aliphatic carbocycles. The van der Waals surface area contributed by atoms with Gasteiger partial charge in [-0.3, -0.25) is 9.67 Å². The lowest BCUT2D eigenvalue weighted by molar-refractivity contribution is -0.00815. The zero-order chi connectivity index (χ0) is 22.0. The molecule has 1 saturated carbocycles. The van der Waals surface area contributed by atoms with Crippen LogP contribution in [0.4, 0.5) is 0 Å². The summed E-state index contributed by atoms with van der Waals surface area (Å²) in [5, 5.41) is 8.02. The van der Waals surface area contributed by atoms with E-state index in [1.807, 2.05) is 31.2 Å². The predicted molar refractivity (Wildman–Crippen MR) is 122 cm³/mol. The van der Waals surface area contributed by atoms with Crippen molar-refractivity contribution in [1.82, 2.24) is 20.0 Å². The molecule has 2 aliphatic heterocycles. The van der Waals surface area contributed by atoms with Crippen molar-refractivity contribution in [2.45, 2.75) is 43.6 Å². The Morgan fingerprint density at radius 3 is 2.84 bits per heavy atom. The Labute approximate surface area is 189 Å². The van der Waals surface area contributed by atoms with Crippen LogP contribution >= 0.6 is 0 Å². The highest BCUT2D eigenvalue weighted by Crippen LogP contribution is 2.43. The Morgan fingerprint density at radius 2 is 2.06 bits per heavy atom. The molecule has 2 fully saturated rings. The number of aliphatic imine (C=N–C) groups is 1. The molecule has 0 bridgehead atoms. The summed E-state index contributed by atoms with van der Waals surface area (Å²) in [6.07, 6.45) is 10.0. The van der Waals surface area contributed by atoms with Gasteiger partial charge in [0.05, 0.1) is 19.3 Å². The van der Waals surface area contributed by atoms with Crippen molar-refractivity contribution < 1.29 is 14.2 Å². The van der Waals surface area contributed by atoms with Gasteiger partial charge >= 0.3 is 0 Å². The average molecular weight is 440 g/mol. The molecule has 2 aromatic rings. The largest absolute Gasteiger partial charge is 0.454 e. The lowest BCUT2D eigenvalue weighted by Crippen LogP contribution is -2.51. The van der Waals surface area contributed by atoms with Gasteiger partial charge < -0.3 is 24.4 Å². The monoisotopic (exact) mass is 439 g/mol. The van der Waals surface area contributed by atoms with Crippen molar-refractivity contribution in [2.75, 3.05) is 40.1 Å². The van der Waals surface area contributed by atoms with E-state index in [0.29, 0.717) is 13.4 Å². The first-order chi connectivity index (χ1) is 15.7. The number of hydrogen-bond donors (Lipinski definition) is 1. The minimum atomic E-state index is 0.00787. The highest BCUT2D eigenvalue weighted by Gasteiger charge is 2.36. The molecule has 32 heavy (non-hydrogen) atoms. The van der Waals surface area contributed by atoms with E-state index in [0.717, 1.165) is 55.5 Å². The highest BCUT2D eigenvalue weighted by molar-refractivity contribution is 5.80. The second kappa shape index (κ2) is 9.02. The van der Waals surface area contributed by atoms with Gasteiger partial charge in [-0.15, -0.1) is 0 Å². The summed E-state index contributed by atoms with van der Waals surface area (Å²) in [5.74, 6) is 2.65. The molecule has 5 rings (SSSR count). The van der Waals surface area contributed by atoms with Gasteiger partial charge in [-0.1, -0.05) is 25.3 Å². The van der Waals surface area contributed by atoms with Crippen molar-refractivity contribution in [3.63, 3.8) is 0 Å². The van der Waals surface area contributed by atoms with Crippen molar-refractivity contribution in [3.05, 3.63) is 41.7 Å². The fourth-order valence-corrected chi connectivity index (χ4v) is 5.25. The Kier molecular flexibility index (Phi) is 5.95. The summed E-state index contributed by atoms with van der Waals surface area (Å²) < 4.78 is 19.1. The van der Waals surface area contributed by atoms with Gasteiger partial charge in [-0.2, -0.15) is 5.10 Å². The van der Waals surface area contributed by atoms with E-state index >= 15 is 0 Å². The SMILES string of the molecule is CN=C(NCC1(c2ccc3c(c2)OCO3)CCCCC1)N1CCOC(c2cnn(C)c2)C1. The van der Waals surface area contributed by atoms with Crippen molar-refractivity contribution >= 4 is 5.96 Å². The summed E-state index contributed by atoms with van der Waals surface area (Å²) in [7, 11) is 3.80. The number of hydrogen-bond acceptors (Lipinski definition) is 5. The van der Waals surface area contributed by atoms with E-state index in [-0.39, 0.29) is 11.5 Å². The first-order valence-electron chi connectivity index (χ1n) is 11.6. The highest BCUT2D eigenvalue weighted by atomic mass is 16.7. The zero-order valence-corrected chi connectivity index (χ0v) is 19.0.